The van der Waals surface area contributed by atoms with Crippen LogP contribution in [0.4, 0.5) is 4.39 Å². The summed E-state index contributed by atoms with van der Waals surface area (Å²) in [6.45, 7) is 6.65. The van der Waals surface area contributed by atoms with Crippen molar-refractivity contribution in [2.75, 3.05) is 6.54 Å². The van der Waals surface area contributed by atoms with Crippen molar-refractivity contribution in [1.82, 2.24) is 5.32 Å². The van der Waals surface area contributed by atoms with Gasteiger partial charge in [0.05, 0.1) is 0 Å². The smallest absolute Gasteiger partial charge is 0.188 e. The molecule has 3 nitrogen and oxygen atoms in total. The Morgan fingerprint density at radius 1 is 1.40 bits per heavy atom. The van der Waals surface area contributed by atoms with E-state index in [1.54, 1.807) is 6.07 Å². The monoisotopic (exact) mass is 457 g/mol. The molecule has 0 aliphatic carbocycles. The maximum absolute atomic E-state index is 13.6. The number of halogens is 3. The summed E-state index contributed by atoms with van der Waals surface area (Å²) in [6.07, 6.45) is 1.43. The second kappa shape index (κ2) is 8.81. The van der Waals surface area contributed by atoms with Gasteiger partial charge in [-0.1, -0.05) is 22.0 Å². The summed E-state index contributed by atoms with van der Waals surface area (Å²) >= 11 is 3.24. The number of aryl methyl sites for hydroxylation is 1. The maximum atomic E-state index is 13.6. The molecule has 0 bridgehead atoms. The zero-order chi connectivity index (χ0) is 14.5. The molecule has 6 heteroatoms. The molecule has 20 heavy (non-hydrogen) atoms. The molecule has 1 aromatic carbocycles. The molecule has 1 aromatic rings. The van der Waals surface area contributed by atoms with Gasteiger partial charge in [0, 0.05) is 16.6 Å². The van der Waals surface area contributed by atoms with E-state index in [4.69, 9.17) is 5.73 Å². The highest BCUT2D eigenvalue weighted by Gasteiger charge is 2.09. The fraction of sp³-hybridized carbons (Fsp3) is 0.500. The largest absolute Gasteiger partial charge is 0.370 e. The van der Waals surface area contributed by atoms with Crippen LogP contribution in [0.1, 0.15) is 32.8 Å². The summed E-state index contributed by atoms with van der Waals surface area (Å²) in [5.41, 5.74) is 6.36. The number of hydrogen-bond acceptors (Lipinski definition) is 1. The van der Waals surface area contributed by atoms with Crippen LogP contribution in [-0.2, 0) is 6.42 Å². The van der Waals surface area contributed by atoms with E-state index in [-0.39, 0.29) is 35.3 Å². The van der Waals surface area contributed by atoms with Crippen molar-refractivity contribution in [3.8, 4) is 0 Å². The number of nitrogens with two attached hydrogens (primary N) is 1. The lowest BCUT2D eigenvalue weighted by Gasteiger charge is -2.20. The van der Waals surface area contributed by atoms with Gasteiger partial charge in [0.1, 0.15) is 5.82 Å². The molecule has 0 saturated heterocycles. The Bertz CT molecular complexity index is 458. The highest BCUT2D eigenvalue weighted by molar-refractivity contribution is 14.0. The van der Waals surface area contributed by atoms with Gasteiger partial charge in [-0.15, -0.1) is 24.0 Å². The lowest BCUT2D eigenvalue weighted by molar-refractivity contribution is 0.508. The molecule has 0 fully saturated rings. The fourth-order valence-electron chi connectivity index (χ4n) is 1.62. The van der Waals surface area contributed by atoms with Crippen molar-refractivity contribution in [3.05, 3.63) is 34.1 Å². The normalized spacial score (nSPS) is 11.9. The van der Waals surface area contributed by atoms with Gasteiger partial charge in [0.25, 0.3) is 0 Å². The molecule has 0 aliphatic rings. The molecule has 0 atom stereocenters. The first-order valence-corrected chi connectivity index (χ1v) is 7.09. The predicted octanol–water partition coefficient (Wildman–Crippen LogP) is 3.84. The predicted molar refractivity (Wildman–Crippen MR) is 97.2 cm³/mol. The van der Waals surface area contributed by atoms with Crippen LogP contribution in [0.15, 0.2) is 27.7 Å². The molecule has 114 valence electrons. The Balaban J connectivity index is 0.00000361. The quantitative estimate of drug-likeness (QED) is 0.312. The van der Waals surface area contributed by atoms with Crippen molar-refractivity contribution in [2.24, 2.45) is 10.7 Å². The molecule has 1 rings (SSSR count). The zero-order valence-corrected chi connectivity index (χ0v) is 16.0. The van der Waals surface area contributed by atoms with Crippen LogP contribution in [-0.4, -0.2) is 18.0 Å². The Labute approximate surface area is 145 Å². The Morgan fingerprint density at radius 2 is 2.05 bits per heavy atom. The number of nitrogens with zero attached hydrogens (tertiary/aromatic N) is 1. The summed E-state index contributed by atoms with van der Waals surface area (Å²) in [5, 5.41) is 3.08. The number of benzene rings is 1. The van der Waals surface area contributed by atoms with Crippen LogP contribution in [0.3, 0.4) is 0 Å². The Kier molecular flexibility index (Phi) is 8.65. The molecule has 0 unspecified atom stereocenters. The van der Waals surface area contributed by atoms with Crippen LogP contribution in [0.25, 0.3) is 0 Å². The standard InChI is InChI=1S/C14H21BrFN3.HI/c1-14(2,3)19-13(17)18-8-4-5-10-6-7-11(15)9-12(10)16;/h6-7,9H,4-5,8H2,1-3H3,(H3,17,18,19);1H. The van der Waals surface area contributed by atoms with Gasteiger partial charge < -0.3 is 11.1 Å². The third kappa shape index (κ3) is 8.04. The van der Waals surface area contributed by atoms with Gasteiger partial charge in [0.15, 0.2) is 5.96 Å². The van der Waals surface area contributed by atoms with Crippen LogP contribution in [0.2, 0.25) is 0 Å². The number of rotatable bonds is 4. The maximum Gasteiger partial charge on any atom is 0.188 e. The minimum absolute atomic E-state index is 0. The third-order valence-corrected chi connectivity index (χ3v) is 2.90. The summed E-state index contributed by atoms with van der Waals surface area (Å²) in [5.74, 6) is 0.253. The SMILES string of the molecule is CC(C)(C)NC(N)=NCCCc1ccc(Br)cc1F.I. The third-order valence-electron chi connectivity index (χ3n) is 2.40. The molecule has 0 aromatic heterocycles. The van der Waals surface area contributed by atoms with Crippen molar-refractivity contribution < 1.29 is 4.39 Å². The van der Waals surface area contributed by atoms with E-state index in [1.165, 1.54) is 6.07 Å². The highest BCUT2D eigenvalue weighted by Crippen LogP contribution is 2.16. The number of aliphatic imine (C=N–C) groups is 1. The minimum atomic E-state index is -0.181. The average molecular weight is 458 g/mol. The van der Waals surface area contributed by atoms with E-state index in [0.29, 0.717) is 24.5 Å². The van der Waals surface area contributed by atoms with Crippen LogP contribution < -0.4 is 11.1 Å². The molecule has 0 spiro atoms. The van der Waals surface area contributed by atoms with Gasteiger partial charge in [-0.25, -0.2) is 4.39 Å². The molecular formula is C14H22BrFIN3. The Hall–Kier alpha value is -0.370. The first kappa shape index (κ1) is 19.6. The number of hydrogen-bond donors (Lipinski definition) is 2. The van der Waals surface area contributed by atoms with Crippen molar-refractivity contribution >= 4 is 45.9 Å². The fourth-order valence-corrected chi connectivity index (χ4v) is 1.95. The summed E-state index contributed by atoms with van der Waals surface area (Å²) < 4.78 is 14.3. The molecule has 0 amide bonds. The highest BCUT2D eigenvalue weighted by atomic mass is 127. The number of guanidine groups is 1. The Morgan fingerprint density at radius 3 is 2.60 bits per heavy atom. The van der Waals surface area contributed by atoms with Crippen molar-refractivity contribution in [1.29, 1.82) is 0 Å². The van der Waals surface area contributed by atoms with Gasteiger partial charge in [0.2, 0.25) is 0 Å². The van der Waals surface area contributed by atoms with Gasteiger partial charge in [-0.2, -0.15) is 0 Å². The van der Waals surface area contributed by atoms with E-state index in [2.05, 4.69) is 26.2 Å². The van der Waals surface area contributed by atoms with E-state index < -0.39 is 0 Å². The van der Waals surface area contributed by atoms with Crippen LogP contribution in [0, 0.1) is 5.82 Å². The van der Waals surface area contributed by atoms with Crippen LogP contribution in [0.5, 0.6) is 0 Å². The van der Waals surface area contributed by atoms with Crippen LogP contribution >= 0.6 is 39.9 Å². The molecular weight excluding hydrogens is 436 g/mol. The topological polar surface area (TPSA) is 50.4 Å². The van der Waals surface area contributed by atoms with E-state index in [1.807, 2.05) is 26.8 Å². The first-order valence-electron chi connectivity index (χ1n) is 6.30. The van der Waals surface area contributed by atoms with Crippen molar-refractivity contribution in [3.63, 3.8) is 0 Å². The van der Waals surface area contributed by atoms with Gasteiger partial charge in [-0.3, -0.25) is 4.99 Å². The second-order valence-corrected chi connectivity index (χ2v) is 6.40. The number of nitrogens with one attached hydrogen (secondary N) is 1. The molecule has 3 N–H and O–H groups in total. The van der Waals surface area contributed by atoms with Gasteiger partial charge in [-0.05, 0) is 51.3 Å². The van der Waals surface area contributed by atoms with Gasteiger partial charge >= 0.3 is 0 Å². The first-order chi connectivity index (χ1) is 8.78. The minimum Gasteiger partial charge on any atom is -0.370 e. The average Bonchev–Trinajstić information content (AvgIpc) is 2.24. The lowest BCUT2D eigenvalue weighted by atomic mass is 10.1. The van der Waals surface area contributed by atoms with E-state index >= 15 is 0 Å². The summed E-state index contributed by atoms with van der Waals surface area (Å²) in [4.78, 5) is 4.22. The molecule has 0 heterocycles. The second-order valence-electron chi connectivity index (χ2n) is 5.48. The van der Waals surface area contributed by atoms with E-state index in [9.17, 15) is 4.39 Å². The molecule has 0 aliphatic heterocycles. The van der Waals surface area contributed by atoms with E-state index in [0.717, 1.165) is 10.9 Å². The summed E-state index contributed by atoms with van der Waals surface area (Å²) in [7, 11) is 0. The lowest BCUT2D eigenvalue weighted by Crippen LogP contribution is -2.45. The summed E-state index contributed by atoms with van der Waals surface area (Å²) in [6, 6.07) is 5.12. The van der Waals surface area contributed by atoms with Crippen molar-refractivity contribution in [2.45, 2.75) is 39.2 Å². The zero-order valence-electron chi connectivity index (χ0n) is 12.0. The molecule has 0 saturated carbocycles. The molecule has 0 radical (unpaired) electrons.